The van der Waals surface area contributed by atoms with Gasteiger partial charge in [0.05, 0.1) is 36.9 Å². The van der Waals surface area contributed by atoms with E-state index in [1.165, 1.54) is 38.1 Å². The first-order valence-electron chi connectivity index (χ1n) is 9.73. The van der Waals surface area contributed by atoms with Crippen molar-refractivity contribution in [3.8, 4) is 17.2 Å². The van der Waals surface area contributed by atoms with Gasteiger partial charge in [-0.05, 0) is 44.0 Å². The molecule has 0 aliphatic heterocycles. The lowest BCUT2D eigenvalue weighted by Gasteiger charge is -2.14. The van der Waals surface area contributed by atoms with Crippen LogP contribution in [0.3, 0.4) is 0 Å². The molecule has 0 bridgehead atoms. The van der Waals surface area contributed by atoms with Crippen LogP contribution in [0.5, 0.6) is 11.5 Å². The molecule has 1 aromatic heterocycles. The van der Waals surface area contributed by atoms with Gasteiger partial charge in [0.15, 0.2) is 16.7 Å². The maximum absolute atomic E-state index is 12.7. The second-order valence-corrected chi connectivity index (χ2v) is 8.05. The molecule has 2 amide bonds. The number of hydrogen-bond acceptors (Lipinski definition) is 7. The molecule has 1 heterocycles. The first-order valence-corrected chi connectivity index (χ1v) is 10.7. The highest BCUT2D eigenvalue weighted by Gasteiger charge is 2.19. The second-order valence-electron chi connectivity index (χ2n) is 7.11. The molecule has 168 valence electrons. The van der Waals surface area contributed by atoms with Crippen molar-refractivity contribution < 1.29 is 19.1 Å². The number of anilines is 1. The number of carbonyl (C=O) groups is 2. The maximum Gasteiger partial charge on any atom is 0.250 e. The van der Waals surface area contributed by atoms with Crippen LogP contribution < -0.4 is 20.5 Å². The number of benzene rings is 2. The fourth-order valence-corrected chi connectivity index (χ4v) is 3.97. The summed E-state index contributed by atoms with van der Waals surface area (Å²) in [6.45, 7) is 5.89. The molecule has 0 aliphatic carbocycles. The number of methoxy groups -OCH3 is 2. The minimum absolute atomic E-state index is 0.0511. The number of carbonyl (C=O) groups excluding carboxylic acids is 2. The van der Waals surface area contributed by atoms with Crippen LogP contribution in [0.1, 0.15) is 27.3 Å². The zero-order valence-electron chi connectivity index (χ0n) is 18.6. The molecule has 0 atom stereocenters. The van der Waals surface area contributed by atoms with Crippen LogP contribution >= 0.6 is 11.8 Å². The minimum atomic E-state index is -0.695. The number of hydrogen-bond donors (Lipinski definition) is 2. The molecule has 0 spiro atoms. The monoisotopic (exact) mass is 455 g/mol. The molecule has 0 fully saturated rings. The molecule has 2 aromatic carbocycles. The van der Waals surface area contributed by atoms with Gasteiger partial charge in [0, 0.05) is 6.07 Å². The van der Waals surface area contributed by atoms with Crippen LogP contribution in [-0.4, -0.2) is 46.6 Å². The highest BCUT2D eigenvalue weighted by atomic mass is 32.2. The molecule has 0 unspecified atom stereocenters. The van der Waals surface area contributed by atoms with Gasteiger partial charge in [0.2, 0.25) is 5.91 Å². The third-order valence-electron chi connectivity index (χ3n) is 4.80. The molecule has 9 nitrogen and oxygen atoms in total. The summed E-state index contributed by atoms with van der Waals surface area (Å²) in [6.07, 6.45) is 0. The average Bonchev–Trinajstić information content (AvgIpc) is 3.13. The summed E-state index contributed by atoms with van der Waals surface area (Å²) in [5, 5.41) is 11.7. The molecule has 0 saturated carbocycles. The number of aromatic nitrogens is 3. The maximum atomic E-state index is 12.7. The Balaban J connectivity index is 1.81. The van der Waals surface area contributed by atoms with E-state index in [2.05, 4.69) is 21.6 Å². The van der Waals surface area contributed by atoms with E-state index in [1.54, 1.807) is 0 Å². The van der Waals surface area contributed by atoms with E-state index in [0.29, 0.717) is 16.7 Å². The SMILES string of the molecule is COc1cc(NC(=O)CSc2nnc(C)n2-c2cc(C)ccc2C)c(C(N)=O)cc1OC. The predicted octanol–water partition coefficient (Wildman–Crippen LogP) is 3.04. The van der Waals surface area contributed by atoms with E-state index in [-0.39, 0.29) is 22.9 Å². The topological polar surface area (TPSA) is 121 Å². The fraction of sp³-hybridized carbons (Fsp3) is 0.273. The largest absolute Gasteiger partial charge is 0.493 e. The van der Waals surface area contributed by atoms with E-state index in [0.717, 1.165) is 22.6 Å². The number of nitrogens with two attached hydrogens (primary N) is 1. The molecule has 0 saturated heterocycles. The Bertz CT molecular complexity index is 1180. The Morgan fingerprint density at radius 2 is 1.75 bits per heavy atom. The van der Waals surface area contributed by atoms with Gasteiger partial charge in [0.25, 0.3) is 5.91 Å². The lowest BCUT2D eigenvalue weighted by Crippen LogP contribution is -2.20. The smallest absolute Gasteiger partial charge is 0.250 e. The molecular formula is C22H25N5O4S. The Morgan fingerprint density at radius 1 is 1.06 bits per heavy atom. The van der Waals surface area contributed by atoms with Gasteiger partial charge in [-0.25, -0.2) is 0 Å². The van der Waals surface area contributed by atoms with Crippen molar-refractivity contribution in [2.75, 3.05) is 25.3 Å². The quantitative estimate of drug-likeness (QED) is 0.501. The summed E-state index contributed by atoms with van der Waals surface area (Å²) in [5.41, 5.74) is 8.98. The van der Waals surface area contributed by atoms with Crippen molar-refractivity contribution in [3.63, 3.8) is 0 Å². The third kappa shape index (κ3) is 4.86. The van der Waals surface area contributed by atoms with E-state index in [9.17, 15) is 9.59 Å². The van der Waals surface area contributed by atoms with Crippen molar-refractivity contribution in [3.05, 3.63) is 52.8 Å². The number of nitrogens with one attached hydrogen (secondary N) is 1. The van der Waals surface area contributed by atoms with Crippen molar-refractivity contribution in [2.45, 2.75) is 25.9 Å². The Hall–Kier alpha value is -3.53. The lowest BCUT2D eigenvalue weighted by atomic mass is 10.1. The van der Waals surface area contributed by atoms with Crippen molar-refractivity contribution in [1.82, 2.24) is 14.8 Å². The van der Waals surface area contributed by atoms with Gasteiger partial charge in [-0.3, -0.25) is 14.2 Å². The summed E-state index contributed by atoms with van der Waals surface area (Å²) < 4.78 is 12.4. The van der Waals surface area contributed by atoms with Crippen molar-refractivity contribution >= 4 is 29.3 Å². The highest BCUT2D eigenvalue weighted by Crippen LogP contribution is 2.33. The number of primary amides is 1. The number of thioether (sulfide) groups is 1. The van der Waals surface area contributed by atoms with E-state index < -0.39 is 5.91 Å². The second kappa shape index (κ2) is 9.73. The van der Waals surface area contributed by atoms with Gasteiger partial charge in [-0.1, -0.05) is 23.9 Å². The first-order chi connectivity index (χ1) is 15.2. The van der Waals surface area contributed by atoms with Crippen molar-refractivity contribution in [2.24, 2.45) is 5.73 Å². The zero-order chi connectivity index (χ0) is 23.4. The molecule has 3 N–H and O–H groups in total. The fourth-order valence-electron chi connectivity index (χ4n) is 3.18. The molecule has 3 aromatic rings. The van der Waals surface area contributed by atoms with Crippen LogP contribution in [0, 0.1) is 20.8 Å². The molecule has 0 aliphatic rings. The Labute approximate surface area is 190 Å². The Kier molecular flexibility index (Phi) is 7.04. The molecule has 3 rings (SSSR count). The van der Waals surface area contributed by atoms with Crippen LogP contribution in [-0.2, 0) is 4.79 Å². The summed E-state index contributed by atoms with van der Waals surface area (Å²) >= 11 is 1.24. The first kappa shape index (κ1) is 23.1. The molecule has 10 heteroatoms. The van der Waals surface area contributed by atoms with Crippen molar-refractivity contribution in [1.29, 1.82) is 0 Å². The normalized spacial score (nSPS) is 10.7. The van der Waals surface area contributed by atoms with Gasteiger partial charge in [-0.2, -0.15) is 0 Å². The third-order valence-corrected chi connectivity index (χ3v) is 5.73. The van der Waals surface area contributed by atoms with Crippen LogP contribution in [0.15, 0.2) is 35.5 Å². The molecular weight excluding hydrogens is 430 g/mol. The van der Waals surface area contributed by atoms with Gasteiger partial charge in [0.1, 0.15) is 5.82 Å². The van der Waals surface area contributed by atoms with E-state index in [4.69, 9.17) is 15.2 Å². The Morgan fingerprint density at radius 3 is 2.41 bits per heavy atom. The summed E-state index contributed by atoms with van der Waals surface area (Å²) in [4.78, 5) is 24.5. The number of nitrogens with zero attached hydrogens (tertiary/aromatic N) is 3. The summed E-state index contributed by atoms with van der Waals surface area (Å²) in [7, 11) is 2.91. The number of ether oxygens (including phenoxy) is 2. The average molecular weight is 456 g/mol. The number of amides is 2. The van der Waals surface area contributed by atoms with Crippen LogP contribution in [0.4, 0.5) is 5.69 Å². The van der Waals surface area contributed by atoms with Crippen LogP contribution in [0.25, 0.3) is 5.69 Å². The number of aryl methyl sites for hydroxylation is 3. The number of rotatable bonds is 8. The minimum Gasteiger partial charge on any atom is -0.493 e. The van der Waals surface area contributed by atoms with Gasteiger partial charge in [-0.15, -0.1) is 10.2 Å². The molecule has 32 heavy (non-hydrogen) atoms. The van der Waals surface area contributed by atoms with E-state index in [1.807, 2.05) is 37.5 Å². The summed E-state index contributed by atoms with van der Waals surface area (Å²) in [6, 6.07) is 9.07. The van der Waals surface area contributed by atoms with E-state index >= 15 is 0 Å². The van der Waals surface area contributed by atoms with Gasteiger partial charge < -0.3 is 20.5 Å². The van der Waals surface area contributed by atoms with Crippen LogP contribution in [0.2, 0.25) is 0 Å². The highest BCUT2D eigenvalue weighted by molar-refractivity contribution is 7.99. The molecule has 0 radical (unpaired) electrons. The lowest BCUT2D eigenvalue weighted by molar-refractivity contribution is -0.113. The van der Waals surface area contributed by atoms with Gasteiger partial charge >= 0.3 is 0 Å². The standard InChI is InChI=1S/C22H25N5O4S/c1-12-6-7-13(2)17(8-12)27-14(3)25-26-22(27)32-11-20(28)24-16-10-19(31-5)18(30-4)9-15(16)21(23)29/h6-10H,11H2,1-5H3,(H2,23,29)(H,24,28). The summed E-state index contributed by atoms with van der Waals surface area (Å²) in [5.74, 6) is 0.446. The zero-order valence-corrected chi connectivity index (χ0v) is 19.4. The predicted molar refractivity (Wildman–Crippen MR) is 123 cm³/mol.